The van der Waals surface area contributed by atoms with Crippen molar-refractivity contribution in [2.24, 2.45) is 0 Å². The first-order valence-corrected chi connectivity index (χ1v) is 8.49. The summed E-state index contributed by atoms with van der Waals surface area (Å²) in [7, 11) is 19.9. The average molecular weight is 415 g/mol. The van der Waals surface area contributed by atoms with Gasteiger partial charge in [-0.25, -0.2) is 0 Å². The third-order valence-electron chi connectivity index (χ3n) is 0. The molecule has 0 aromatic heterocycles. The van der Waals surface area contributed by atoms with Gasteiger partial charge in [0.1, 0.15) is 0 Å². The molecule has 0 unspecified atom stereocenters. The van der Waals surface area contributed by atoms with Crippen LogP contribution in [0.15, 0.2) is 0 Å². The molecule has 0 radical (unpaired) electrons. The summed E-state index contributed by atoms with van der Waals surface area (Å²) in [6.45, 7) is 0. The van der Waals surface area contributed by atoms with Crippen molar-refractivity contribution in [1.82, 2.24) is 0 Å². The Morgan fingerprint density at radius 2 is 0.875 bits per heavy atom. The van der Waals surface area contributed by atoms with Gasteiger partial charge < -0.3 is 0 Å². The van der Waals surface area contributed by atoms with Crippen molar-refractivity contribution >= 4 is 80.1 Å². The summed E-state index contributed by atoms with van der Waals surface area (Å²) in [4.78, 5) is 0. The Kier molecular flexibility index (Phi) is 30.5. The Morgan fingerprint density at radius 3 is 0.875 bits per heavy atom. The first-order valence-electron chi connectivity index (χ1n) is 0.478. The maximum absolute atomic E-state index is 4.98. The average Bonchev–Trinajstić information content (AvgIpc) is 0.722. The molecule has 0 fully saturated rings. The van der Waals surface area contributed by atoms with E-state index in [2.05, 4.69) is 0 Å². The molecule has 0 bridgehead atoms. The predicted molar refractivity (Wildman–Crippen MR) is 37.8 cm³/mol. The molecule has 0 rings (SSSR count). The molecule has 0 aliphatic heterocycles. The van der Waals surface area contributed by atoms with Crippen LogP contribution in [0.4, 0.5) is 0 Å². The van der Waals surface area contributed by atoms with Crippen molar-refractivity contribution in [1.29, 1.82) is 0 Å². The Hall–Kier alpha value is 3.77. The van der Waals surface area contributed by atoms with Crippen molar-refractivity contribution in [3.63, 3.8) is 0 Å². The van der Waals surface area contributed by atoms with Gasteiger partial charge in [-0.15, -0.1) is 12.4 Å². The van der Waals surface area contributed by atoms with Crippen LogP contribution >= 0.6 is 50.5 Å². The van der Waals surface area contributed by atoms with Crippen molar-refractivity contribution in [3.05, 3.63) is 0 Å². The summed E-state index contributed by atoms with van der Waals surface area (Å²) in [6, 6.07) is 0. The molecule has 0 N–H and O–H groups in total. The van der Waals surface area contributed by atoms with Gasteiger partial charge in [0.25, 0.3) is 0 Å². The van der Waals surface area contributed by atoms with E-state index in [-0.39, 0.29) is 62.4 Å². The maximum Gasteiger partial charge on any atom is 0 e. The van der Waals surface area contributed by atoms with Gasteiger partial charge in [-0.05, 0) is 0 Å². The minimum absolute atomic E-state index is 0. The van der Waals surface area contributed by atoms with Crippen molar-refractivity contribution in [3.8, 4) is 0 Å². The molecule has 0 heterocycles. The molecule has 0 nitrogen and oxygen atoms in total. The SMILES string of the molecule is Cl.[Cl][Pd]([Cl])([Cl])[Cl].[NaH].[Pd]. The minimum atomic E-state index is -2.81. The van der Waals surface area contributed by atoms with Crippen molar-refractivity contribution < 1.29 is 31.9 Å². The van der Waals surface area contributed by atoms with E-state index >= 15 is 0 Å². The van der Waals surface area contributed by atoms with Crippen LogP contribution in [0.3, 0.4) is 0 Å². The second kappa shape index (κ2) is 10.8. The fourth-order valence-corrected chi connectivity index (χ4v) is 0. The molecular formula is H2Cl5NaPd2. The van der Waals surface area contributed by atoms with Crippen LogP contribution in [0.2, 0.25) is 0 Å². The van der Waals surface area contributed by atoms with Gasteiger partial charge in [0.2, 0.25) is 0 Å². The smallest absolute Gasteiger partial charge is 0 e. The summed E-state index contributed by atoms with van der Waals surface area (Å²) >= 11 is -2.81. The molecular weight excluding hydrogens is 413 g/mol. The quantitative estimate of drug-likeness (QED) is 0.534. The summed E-state index contributed by atoms with van der Waals surface area (Å²) in [6.07, 6.45) is 0. The first kappa shape index (κ1) is 22.6. The molecule has 0 aromatic carbocycles. The van der Waals surface area contributed by atoms with Crippen molar-refractivity contribution in [2.45, 2.75) is 0 Å². The van der Waals surface area contributed by atoms with Gasteiger partial charge in [-0.1, -0.05) is 0 Å². The molecule has 8 heteroatoms. The van der Waals surface area contributed by atoms with Crippen LogP contribution in [0.25, 0.3) is 0 Å². The molecule has 0 saturated heterocycles. The summed E-state index contributed by atoms with van der Waals surface area (Å²) in [5.74, 6) is 0. The molecule has 0 saturated carbocycles. The number of hydrogen-bond acceptors (Lipinski definition) is 0. The summed E-state index contributed by atoms with van der Waals surface area (Å²) in [5.41, 5.74) is 0. The van der Waals surface area contributed by atoms with E-state index in [1.54, 1.807) is 0 Å². The third kappa shape index (κ3) is 52.8. The Labute approximate surface area is 110 Å². The molecule has 0 aliphatic rings. The second-order valence-corrected chi connectivity index (χ2v) is 14.4. The van der Waals surface area contributed by atoms with Crippen molar-refractivity contribution in [2.75, 3.05) is 0 Å². The van der Waals surface area contributed by atoms with E-state index in [1.807, 2.05) is 0 Å². The summed E-state index contributed by atoms with van der Waals surface area (Å²) in [5, 5.41) is 0. The largest absolute Gasteiger partial charge is 0 e. The zero-order valence-corrected chi connectivity index (χ0v) is 9.50. The van der Waals surface area contributed by atoms with Crippen LogP contribution in [-0.2, 0) is 31.9 Å². The van der Waals surface area contributed by atoms with E-state index in [4.69, 9.17) is 38.1 Å². The van der Waals surface area contributed by atoms with Gasteiger partial charge in [-0.2, -0.15) is 0 Å². The van der Waals surface area contributed by atoms with E-state index < -0.39 is 11.5 Å². The first-order chi connectivity index (χ1) is 2.00. The number of halogens is 5. The second-order valence-electron chi connectivity index (χ2n) is 0.271. The third-order valence-corrected chi connectivity index (χ3v) is 0. The number of hydrogen-bond donors (Lipinski definition) is 0. The predicted octanol–water partition coefficient (Wildman–Crippen LogP) is 2.53. The normalized spacial score (nSPS) is 9.50. The van der Waals surface area contributed by atoms with Gasteiger partial charge in [0.15, 0.2) is 0 Å². The van der Waals surface area contributed by atoms with Gasteiger partial charge in [-0.3, -0.25) is 0 Å². The fraction of sp³-hybridized carbons (Fsp3) is 0. The Morgan fingerprint density at radius 1 is 0.875 bits per heavy atom. The molecule has 0 aliphatic carbocycles. The molecule has 0 spiro atoms. The van der Waals surface area contributed by atoms with Crippen LogP contribution in [0.1, 0.15) is 0 Å². The standard InChI is InChI=1S/5ClH.Na.2Pd.H/h5*1H;;;;/q;;;;;;;+4;/p-4. The Balaban J connectivity index is -0.0000000267. The van der Waals surface area contributed by atoms with Gasteiger partial charge in [0, 0.05) is 20.4 Å². The Bertz CT molecular complexity index is 25.9. The van der Waals surface area contributed by atoms with Crippen LogP contribution in [0.5, 0.6) is 0 Å². The van der Waals surface area contributed by atoms with E-state index in [0.29, 0.717) is 0 Å². The van der Waals surface area contributed by atoms with Crippen LogP contribution < -0.4 is 0 Å². The van der Waals surface area contributed by atoms with E-state index in [1.165, 1.54) is 0 Å². The fourth-order valence-electron chi connectivity index (χ4n) is 0. The van der Waals surface area contributed by atoms with Crippen LogP contribution in [0, 0.1) is 0 Å². The minimum Gasteiger partial charge on any atom is 0 e. The molecule has 0 amide bonds. The zero-order chi connectivity index (χ0) is 4.50. The zero-order valence-electron chi connectivity index (χ0n) is 2.55. The molecule has 0 atom stereocenters. The van der Waals surface area contributed by atoms with Crippen LogP contribution in [-0.4, -0.2) is 29.6 Å². The van der Waals surface area contributed by atoms with E-state index in [9.17, 15) is 0 Å². The number of rotatable bonds is 0. The summed E-state index contributed by atoms with van der Waals surface area (Å²) < 4.78 is 0. The molecule has 8 heavy (non-hydrogen) atoms. The van der Waals surface area contributed by atoms with E-state index in [0.717, 1.165) is 0 Å². The molecule has 58 valence electrons. The topological polar surface area (TPSA) is 0 Å². The van der Waals surface area contributed by atoms with Gasteiger partial charge >= 0.3 is 79.1 Å². The molecule has 0 aromatic rings. The monoisotopic (exact) mass is 412 g/mol. The van der Waals surface area contributed by atoms with Gasteiger partial charge in [0.05, 0.1) is 0 Å². The maximum atomic E-state index is 4.98.